The highest BCUT2D eigenvalue weighted by Gasteiger charge is 2.20. The number of carbonyl (C=O) groups excluding carboxylic acids is 2. The van der Waals surface area contributed by atoms with Crippen molar-refractivity contribution in [1.82, 2.24) is 0 Å². The quantitative estimate of drug-likeness (QED) is 0.369. The zero-order valence-corrected chi connectivity index (χ0v) is 16.2. The molecule has 0 saturated heterocycles. The molecule has 2 radical (unpaired) electrons. The average molecular weight is 376 g/mol. The highest BCUT2D eigenvalue weighted by atomic mass is 28.2. The molecule has 3 rings (SSSR count). The molecule has 0 saturated carbocycles. The summed E-state index contributed by atoms with van der Waals surface area (Å²) in [5, 5.41) is 0. The fourth-order valence-corrected chi connectivity index (χ4v) is 2.14. The number of ether oxygens (including phenoxy) is 2. The second kappa shape index (κ2) is 10.7. The average Bonchev–Trinajstić information content (AvgIpc) is 2.70. The van der Waals surface area contributed by atoms with Crippen molar-refractivity contribution in [3.05, 3.63) is 96.1 Å². The molecule has 0 amide bonds. The van der Waals surface area contributed by atoms with E-state index in [0.29, 0.717) is 11.5 Å². The van der Waals surface area contributed by atoms with Gasteiger partial charge in [0.2, 0.25) is 0 Å². The predicted octanol–water partition coefficient (Wildman–Crippen LogP) is 4.91. The van der Waals surface area contributed by atoms with Gasteiger partial charge in [0, 0.05) is 9.52 Å². The normalized spacial score (nSPS) is 9.56. The summed E-state index contributed by atoms with van der Waals surface area (Å²) in [4.78, 5) is 24.7. The third-order valence-corrected chi connectivity index (χ3v) is 3.27. The van der Waals surface area contributed by atoms with E-state index in [0.717, 1.165) is 9.52 Å². The SMILES string of the molecule is C[Si]C.O=C(Oc1ccccc1)c1ccccc1C(=O)Oc1ccccc1. The monoisotopic (exact) mass is 376 g/mol. The number of benzene rings is 3. The minimum Gasteiger partial charge on any atom is -0.423 e. The molecule has 0 bridgehead atoms. The first kappa shape index (κ1) is 20.1. The summed E-state index contributed by atoms with van der Waals surface area (Å²) in [5.41, 5.74) is 0.310. The Hall–Kier alpha value is -3.18. The molecule has 0 aliphatic rings. The van der Waals surface area contributed by atoms with Gasteiger partial charge in [0.15, 0.2) is 0 Å². The number of hydrogen-bond acceptors (Lipinski definition) is 4. The first-order valence-electron chi connectivity index (χ1n) is 8.37. The lowest BCUT2D eigenvalue weighted by Gasteiger charge is -2.09. The van der Waals surface area contributed by atoms with Gasteiger partial charge in [0.1, 0.15) is 11.5 Å². The van der Waals surface area contributed by atoms with Crippen LogP contribution in [0.15, 0.2) is 84.9 Å². The van der Waals surface area contributed by atoms with Crippen LogP contribution >= 0.6 is 0 Å². The van der Waals surface area contributed by atoms with Crippen LogP contribution < -0.4 is 9.47 Å². The highest BCUT2D eigenvalue weighted by molar-refractivity contribution is 6.31. The maximum atomic E-state index is 12.4. The summed E-state index contributed by atoms with van der Waals surface area (Å²) in [6.07, 6.45) is 0. The minimum absolute atomic E-state index is 0.155. The van der Waals surface area contributed by atoms with Crippen LogP contribution in [0.4, 0.5) is 0 Å². The maximum Gasteiger partial charge on any atom is 0.344 e. The van der Waals surface area contributed by atoms with Gasteiger partial charge in [0.25, 0.3) is 0 Å². The molecular formula is C22H20O4Si. The molecule has 0 aliphatic heterocycles. The lowest BCUT2D eigenvalue weighted by atomic mass is 10.1. The molecule has 3 aromatic carbocycles. The Morgan fingerprint density at radius 2 is 0.889 bits per heavy atom. The molecule has 27 heavy (non-hydrogen) atoms. The lowest BCUT2D eigenvalue weighted by molar-refractivity contribution is 0.0692. The van der Waals surface area contributed by atoms with Crippen molar-refractivity contribution in [1.29, 1.82) is 0 Å². The van der Waals surface area contributed by atoms with Crippen molar-refractivity contribution in [2.75, 3.05) is 0 Å². The van der Waals surface area contributed by atoms with Gasteiger partial charge in [-0.1, -0.05) is 61.6 Å². The molecule has 0 N–H and O–H groups in total. The molecule has 0 heterocycles. The van der Waals surface area contributed by atoms with Crippen LogP contribution in [-0.2, 0) is 0 Å². The zero-order chi connectivity index (χ0) is 19.5. The van der Waals surface area contributed by atoms with E-state index in [1.165, 1.54) is 12.1 Å². The first-order valence-corrected chi connectivity index (χ1v) is 10.4. The predicted molar refractivity (Wildman–Crippen MR) is 107 cm³/mol. The number of hydrogen-bond donors (Lipinski definition) is 0. The van der Waals surface area contributed by atoms with Crippen molar-refractivity contribution in [3.8, 4) is 11.5 Å². The van der Waals surface area contributed by atoms with E-state index in [9.17, 15) is 9.59 Å². The van der Waals surface area contributed by atoms with Gasteiger partial charge >= 0.3 is 11.9 Å². The first-order chi connectivity index (χ1) is 13.2. The summed E-state index contributed by atoms with van der Waals surface area (Å²) < 4.78 is 10.6. The van der Waals surface area contributed by atoms with E-state index >= 15 is 0 Å². The zero-order valence-electron chi connectivity index (χ0n) is 15.2. The molecule has 0 aliphatic carbocycles. The van der Waals surface area contributed by atoms with E-state index in [2.05, 4.69) is 13.1 Å². The molecule has 0 aromatic heterocycles. The van der Waals surface area contributed by atoms with Gasteiger partial charge in [-0.25, -0.2) is 9.59 Å². The second-order valence-corrected chi connectivity index (χ2v) is 6.45. The molecular weight excluding hydrogens is 356 g/mol. The van der Waals surface area contributed by atoms with Gasteiger partial charge in [-0.3, -0.25) is 0 Å². The molecule has 5 heteroatoms. The maximum absolute atomic E-state index is 12.4. The van der Waals surface area contributed by atoms with Crippen LogP contribution in [0.3, 0.4) is 0 Å². The van der Waals surface area contributed by atoms with E-state index in [4.69, 9.17) is 9.47 Å². The van der Waals surface area contributed by atoms with Crippen LogP contribution in [0.5, 0.6) is 11.5 Å². The molecule has 0 fully saturated rings. The van der Waals surface area contributed by atoms with Gasteiger partial charge < -0.3 is 9.47 Å². The van der Waals surface area contributed by atoms with Gasteiger partial charge in [-0.15, -0.1) is 0 Å². The van der Waals surface area contributed by atoms with Gasteiger partial charge in [-0.2, -0.15) is 0 Å². The standard InChI is InChI=1S/C20H14O4.C2H6Si/c21-19(23-15-9-3-1-4-10-15)17-13-7-8-14-18(17)20(22)24-16-11-5-2-6-12-16;1-3-2/h1-14H;1-2H3. The summed E-state index contributed by atoms with van der Waals surface area (Å²) in [5.74, 6) is -0.397. The van der Waals surface area contributed by atoms with Crippen molar-refractivity contribution in [2.24, 2.45) is 0 Å². The second-order valence-electron chi connectivity index (χ2n) is 5.45. The Morgan fingerprint density at radius 3 is 1.22 bits per heavy atom. The Morgan fingerprint density at radius 1 is 0.593 bits per heavy atom. The van der Waals surface area contributed by atoms with Crippen LogP contribution in [0.25, 0.3) is 0 Å². The number of esters is 2. The van der Waals surface area contributed by atoms with Crippen molar-refractivity contribution < 1.29 is 19.1 Å². The third-order valence-electron chi connectivity index (χ3n) is 3.27. The fourth-order valence-electron chi connectivity index (χ4n) is 2.14. The number of carbonyl (C=O) groups is 2. The molecule has 0 unspecified atom stereocenters. The summed E-state index contributed by atoms with van der Waals surface area (Å²) in [6, 6.07) is 23.8. The Labute approximate surface area is 161 Å². The summed E-state index contributed by atoms with van der Waals surface area (Å²) >= 11 is 0. The largest absolute Gasteiger partial charge is 0.423 e. The van der Waals surface area contributed by atoms with Crippen LogP contribution in [-0.4, -0.2) is 21.5 Å². The van der Waals surface area contributed by atoms with Gasteiger partial charge in [-0.05, 0) is 36.4 Å². The minimum atomic E-state index is -0.609. The molecule has 0 spiro atoms. The van der Waals surface area contributed by atoms with Crippen molar-refractivity contribution in [3.63, 3.8) is 0 Å². The summed E-state index contributed by atoms with van der Waals surface area (Å²) in [6.45, 7) is 4.31. The highest BCUT2D eigenvalue weighted by Crippen LogP contribution is 2.17. The van der Waals surface area contributed by atoms with Crippen LogP contribution in [0, 0.1) is 0 Å². The lowest BCUT2D eigenvalue weighted by Crippen LogP contribution is -2.17. The van der Waals surface area contributed by atoms with E-state index in [1.807, 2.05) is 12.1 Å². The molecule has 3 aromatic rings. The molecule has 4 nitrogen and oxygen atoms in total. The smallest absolute Gasteiger partial charge is 0.344 e. The number of para-hydroxylation sites is 2. The van der Waals surface area contributed by atoms with E-state index in [-0.39, 0.29) is 11.1 Å². The van der Waals surface area contributed by atoms with E-state index < -0.39 is 11.9 Å². The fraction of sp³-hybridized carbons (Fsp3) is 0.0909. The Bertz CT molecular complexity index is 791. The van der Waals surface area contributed by atoms with Crippen LogP contribution in [0.2, 0.25) is 13.1 Å². The van der Waals surface area contributed by atoms with E-state index in [1.54, 1.807) is 60.7 Å². The number of rotatable bonds is 4. The third kappa shape index (κ3) is 6.24. The summed E-state index contributed by atoms with van der Waals surface area (Å²) in [7, 11) is 1.08. The Kier molecular flexibility index (Phi) is 8.00. The Balaban J connectivity index is 0.000000817. The van der Waals surface area contributed by atoms with Crippen LogP contribution in [0.1, 0.15) is 20.7 Å². The molecule has 136 valence electrons. The van der Waals surface area contributed by atoms with Gasteiger partial charge in [0.05, 0.1) is 11.1 Å². The van der Waals surface area contributed by atoms with Crippen molar-refractivity contribution in [2.45, 2.75) is 13.1 Å². The molecule has 0 atom stereocenters. The van der Waals surface area contributed by atoms with Crippen molar-refractivity contribution >= 4 is 21.5 Å². The topological polar surface area (TPSA) is 52.6 Å².